The third kappa shape index (κ3) is 3.45. The molecule has 2 N–H and O–H groups in total. The number of hydrogen-bond acceptors (Lipinski definition) is 3. The van der Waals surface area contributed by atoms with Crippen molar-refractivity contribution in [3.63, 3.8) is 0 Å². The second-order valence-corrected chi connectivity index (χ2v) is 3.73. The van der Waals surface area contributed by atoms with Crippen LogP contribution in [-0.2, 0) is 0 Å². The molecule has 1 aliphatic heterocycles. The summed E-state index contributed by atoms with van der Waals surface area (Å²) >= 11 is 4.18. The monoisotopic (exact) mass is 174 g/mol. The Morgan fingerprint density at radius 1 is 1.55 bits per heavy atom. The van der Waals surface area contributed by atoms with Gasteiger partial charge in [0.1, 0.15) is 0 Å². The van der Waals surface area contributed by atoms with Crippen molar-refractivity contribution in [3.8, 4) is 0 Å². The molecule has 2 nitrogen and oxygen atoms in total. The minimum Gasteiger partial charge on any atom is -0.327 e. The van der Waals surface area contributed by atoms with E-state index in [4.69, 9.17) is 5.73 Å². The molecule has 1 unspecified atom stereocenters. The van der Waals surface area contributed by atoms with Gasteiger partial charge < -0.3 is 10.6 Å². The Hall–Kier alpha value is 0.270. The van der Waals surface area contributed by atoms with Crippen molar-refractivity contribution in [1.29, 1.82) is 0 Å². The third-order valence-electron chi connectivity index (χ3n) is 2.17. The second kappa shape index (κ2) is 5.01. The second-order valence-electron chi connectivity index (χ2n) is 3.28. The van der Waals surface area contributed by atoms with Gasteiger partial charge in [0.05, 0.1) is 0 Å². The van der Waals surface area contributed by atoms with Crippen LogP contribution in [0.15, 0.2) is 0 Å². The summed E-state index contributed by atoms with van der Waals surface area (Å²) < 4.78 is 0. The van der Waals surface area contributed by atoms with E-state index in [1.165, 1.54) is 32.4 Å². The molecule has 11 heavy (non-hydrogen) atoms. The van der Waals surface area contributed by atoms with E-state index < -0.39 is 0 Å². The van der Waals surface area contributed by atoms with Gasteiger partial charge in [0, 0.05) is 12.6 Å². The van der Waals surface area contributed by atoms with Gasteiger partial charge in [-0.2, -0.15) is 12.6 Å². The lowest BCUT2D eigenvalue weighted by molar-refractivity contribution is 0.210. The fourth-order valence-corrected chi connectivity index (χ4v) is 1.73. The smallest absolute Gasteiger partial charge is 0.0168 e. The number of rotatable bonds is 3. The van der Waals surface area contributed by atoms with Crippen molar-refractivity contribution in [1.82, 2.24) is 4.90 Å². The molecule has 1 heterocycles. The maximum Gasteiger partial charge on any atom is 0.0168 e. The van der Waals surface area contributed by atoms with Gasteiger partial charge in [0.25, 0.3) is 0 Å². The highest BCUT2D eigenvalue weighted by Crippen LogP contribution is 2.08. The molecule has 0 aromatic carbocycles. The minimum atomic E-state index is 0.420. The number of thiol groups is 1. The van der Waals surface area contributed by atoms with Gasteiger partial charge in [-0.05, 0) is 38.1 Å². The first-order valence-corrected chi connectivity index (χ1v) is 5.05. The van der Waals surface area contributed by atoms with E-state index in [2.05, 4.69) is 17.5 Å². The lowest BCUT2D eigenvalue weighted by atomic mass is 10.1. The highest BCUT2D eigenvalue weighted by molar-refractivity contribution is 7.80. The molecule has 0 saturated carbocycles. The molecular weight excluding hydrogens is 156 g/mol. The molecule has 66 valence electrons. The summed E-state index contributed by atoms with van der Waals surface area (Å²) in [6.07, 6.45) is 3.67. The van der Waals surface area contributed by atoms with Crippen LogP contribution in [0.2, 0.25) is 0 Å². The quantitative estimate of drug-likeness (QED) is 0.618. The molecule has 1 fully saturated rings. The van der Waals surface area contributed by atoms with E-state index in [0.717, 1.165) is 12.3 Å². The van der Waals surface area contributed by atoms with Crippen molar-refractivity contribution < 1.29 is 0 Å². The van der Waals surface area contributed by atoms with Crippen LogP contribution in [0.5, 0.6) is 0 Å². The van der Waals surface area contributed by atoms with E-state index >= 15 is 0 Å². The van der Waals surface area contributed by atoms with Crippen LogP contribution in [-0.4, -0.2) is 36.3 Å². The van der Waals surface area contributed by atoms with Gasteiger partial charge in [-0.15, -0.1) is 0 Å². The molecule has 1 atom stereocenters. The van der Waals surface area contributed by atoms with Gasteiger partial charge in [-0.1, -0.05) is 0 Å². The Kier molecular flexibility index (Phi) is 4.26. The van der Waals surface area contributed by atoms with Crippen LogP contribution >= 0.6 is 12.6 Å². The van der Waals surface area contributed by atoms with Crippen LogP contribution in [0, 0.1) is 0 Å². The number of hydrogen-bond donors (Lipinski definition) is 2. The minimum absolute atomic E-state index is 0.420. The van der Waals surface area contributed by atoms with Crippen LogP contribution in [0.3, 0.4) is 0 Å². The highest BCUT2D eigenvalue weighted by atomic mass is 32.1. The fraction of sp³-hybridized carbons (Fsp3) is 1.00. The molecule has 0 radical (unpaired) electrons. The molecule has 3 heteroatoms. The van der Waals surface area contributed by atoms with Crippen molar-refractivity contribution in [2.75, 3.05) is 25.4 Å². The zero-order chi connectivity index (χ0) is 8.10. The lowest BCUT2D eigenvalue weighted by Crippen LogP contribution is -2.43. The van der Waals surface area contributed by atoms with Crippen molar-refractivity contribution >= 4 is 12.6 Å². The number of nitrogens with zero attached hydrogens (tertiary/aromatic N) is 1. The number of piperidine rings is 1. The summed E-state index contributed by atoms with van der Waals surface area (Å²) in [5.74, 6) is 0.992. The van der Waals surface area contributed by atoms with Crippen molar-refractivity contribution in [2.45, 2.75) is 25.3 Å². The van der Waals surface area contributed by atoms with Crippen molar-refractivity contribution in [2.24, 2.45) is 5.73 Å². The summed E-state index contributed by atoms with van der Waals surface area (Å²) in [6.45, 7) is 3.51. The molecule has 0 spiro atoms. The Morgan fingerprint density at radius 2 is 2.36 bits per heavy atom. The van der Waals surface area contributed by atoms with Gasteiger partial charge in [-0.3, -0.25) is 0 Å². The van der Waals surface area contributed by atoms with E-state index in [1.807, 2.05) is 0 Å². The van der Waals surface area contributed by atoms with Crippen LogP contribution in [0.1, 0.15) is 19.3 Å². The topological polar surface area (TPSA) is 29.3 Å². The molecule has 0 aromatic rings. The number of likely N-dealkylation sites (tertiary alicyclic amines) is 1. The van der Waals surface area contributed by atoms with Gasteiger partial charge >= 0.3 is 0 Å². The first-order valence-electron chi connectivity index (χ1n) is 4.41. The normalized spacial score (nSPS) is 27.3. The van der Waals surface area contributed by atoms with Crippen LogP contribution < -0.4 is 5.73 Å². The Bertz CT molecular complexity index is 108. The Morgan fingerprint density at radius 3 is 3.00 bits per heavy atom. The molecule has 1 rings (SSSR count). The summed E-state index contributed by atoms with van der Waals surface area (Å²) in [7, 11) is 0. The first-order chi connectivity index (χ1) is 5.33. The lowest BCUT2D eigenvalue weighted by Gasteiger charge is -2.30. The molecule has 0 amide bonds. The van der Waals surface area contributed by atoms with E-state index in [9.17, 15) is 0 Å². The van der Waals surface area contributed by atoms with Gasteiger partial charge in [0.15, 0.2) is 0 Å². The molecule has 0 aromatic heterocycles. The Balaban J connectivity index is 2.12. The molecule has 0 bridgehead atoms. The number of nitrogens with two attached hydrogens (primary N) is 1. The maximum atomic E-state index is 5.84. The molecule has 1 aliphatic rings. The summed E-state index contributed by atoms with van der Waals surface area (Å²) in [6, 6.07) is 0.420. The summed E-state index contributed by atoms with van der Waals surface area (Å²) in [5, 5.41) is 0. The standard InChI is InChI=1S/C8H18N2S/c9-8-3-1-4-10(7-8)5-2-6-11/h8,11H,1-7,9H2. The predicted octanol–water partition coefficient (Wildman–Crippen LogP) is 0.729. The maximum absolute atomic E-state index is 5.84. The summed E-state index contributed by atoms with van der Waals surface area (Å²) in [5.41, 5.74) is 5.84. The van der Waals surface area contributed by atoms with Crippen molar-refractivity contribution in [3.05, 3.63) is 0 Å². The van der Waals surface area contributed by atoms with E-state index in [-0.39, 0.29) is 0 Å². The average Bonchev–Trinajstić information content (AvgIpc) is 2.01. The Labute approximate surface area is 74.5 Å². The zero-order valence-electron chi connectivity index (χ0n) is 7.00. The molecule has 1 saturated heterocycles. The largest absolute Gasteiger partial charge is 0.327 e. The van der Waals surface area contributed by atoms with Gasteiger partial charge in [-0.25, -0.2) is 0 Å². The molecular formula is C8H18N2S. The van der Waals surface area contributed by atoms with E-state index in [1.54, 1.807) is 0 Å². The molecule has 0 aliphatic carbocycles. The fourth-order valence-electron chi connectivity index (χ4n) is 1.59. The average molecular weight is 174 g/mol. The third-order valence-corrected chi connectivity index (χ3v) is 2.49. The van der Waals surface area contributed by atoms with Gasteiger partial charge in [0.2, 0.25) is 0 Å². The summed E-state index contributed by atoms with van der Waals surface area (Å²) in [4.78, 5) is 2.45. The van der Waals surface area contributed by atoms with Crippen LogP contribution in [0.25, 0.3) is 0 Å². The first kappa shape index (κ1) is 9.36. The van der Waals surface area contributed by atoms with E-state index in [0.29, 0.717) is 6.04 Å². The zero-order valence-corrected chi connectivity index (χ0v) is 7.89. The predicted molar refractivity (Wildman–Crippen MR) is 52.1 cm³/mol. The SMILES string of the molecule is NC1CCCN(CCCS)C1. The highest BCUT2D eigenvalue weighted by Gasteiger charge is 2.15. The van der Waals surface area contributed by atoms with Crippen LogP contribution in [0.4, 0.5) is 0 Å².